The molecular formula is C19H16FN. The highest BCUT2D eigenvalue weighted by molar-refractivity contribution is 5.70. The molecule has 0 unspecified atom stereocenters. The van der Waals surface area contributed by atoms with Gasteiger partial charge in [0.1, 0.15) is 5.82 Å². The third-order valence-electron chi connectivity index (χ3n) is 3.59. The first-order valence-electron chi connectivity index (χ1n) is 6.92. The van der Waals surface area contributed by atoms with Gasteiger partial charge >= 0.3 is 0 Å². The van der Waals surface area contributed by atoms with Crippen LogP contribution < -0.4 is 5.73 Å². The molecule has 104 valence electrons. The van der Waals surface area contributed by atoms with Crippen LogP contribution in [0.4, 0.5) is 4.39 Å². The van der Waals surface area contributed by atoms with Gasteiger partial charge in [-0.2, -0.15) is 0 Å². The summed E-state index contributed by atoms with van der Waals surface area (Å²) in [6, 6.07) is 23.6. The van der Waals surface area contributed by atoms with Crippen LogP contribution in [0.3, 0.4) is 0 Å². The summed E-state index contributed by atoms with van der Waals surface area (Å²) in [5, 5.41) is 0. The maximum Gasteiger partial charge on any atom is 0.127 e. The average Bonchev–Trinajstić information content (AvgIpc) is 2.56. The van der Waals surface area contributed by atoms with Gasteiger partial charge in [-0.15, -0.1) is 0 Å². The van der Waals surface area contributed by atoms with E-state index in [1.807, 2.05) is 24.3 Å². The van der Waals surface area contributed by atoms with E-state index >= 15 is 0 Å². The summed E-state index contributed by atoms with van der Waals surface area (Å²) in [5.74, 6) is -0.248. The molecule has 2 N–H and O–H groups in total. The van der Waals surface area contributed by atoms with Crippen LogP contribution in [0.25, 0.3) is 22.3 Å². The van der Waals surface area contributed by atoms with Crippen LogP contribution in [0.1, 0.15) is 5.56 Å². The maximum atomic E-state index is 13.5. The second kappa shape index (κ2) is 5.90. The van der Waals surface area contributed by atoms with Gasteiger partial charge in [-0.3, -0.25) is 0 Å². The van der Waals surface area contributed by atoms with Crippen LogP contribution >= 0.6 is 0 Å². The van der Waals surface area contributed by atoms with E-state index in [1.165, 1.54) is 17.2 Å². The van der Waals surface area contributed by atoms with E-state index in [0.717, 1.165) is 11.1 Å². The van der Waals surface area contributed by atoms with E-state index in [1.54, 1.807) is 6.07 Å². The molecule has 0 spiro atoms. The molecule has 0 amide bonds. The first kappa shape index (κ1) is 13.5. The van der Waals surface area contributed by atoms with Crippen molar-refractivity contribution in [2.45, 2.75) is 6.54 Å². The molecule has 1 nitrogen and oxygen atoms in total. The number of benzene rings is 3. The van der Waals surface area contributed by atoms with Gasteiger partial charge < -0.3 is 5.73 Å². The minimum Gasteiger partial charge on any atom is -0.326 e. The lowest BCUT2D eigenvalue weighted by Gasteiger charge is -2.07. The highest BCUT2D eigenvalue weighted by Crippen LogP contribution is 2.26. The summed E-state index contributed by atoms with van der Waals surface area (Å²) < 4.78 is 13.5. The van der Waals surface area contributed by atoms with Gasteiger partial charge in [0, 0.05) is 12.1 Å². The van der Waals surface area contributed by atoms with E-state index in [2.05, 4.69) is 36.4 Å². The lowest BCUT2D eigenvalue weighted by Crippen LogP contribution is -1.99. The van der Waals surface area contributed by atoms with Gasteiger partial charge in [-0.05, 0) is 34.4 Å². The van der Waals surface area contributed by atoms with E-state index in [4.69, 9.17) is 5.73 Å². The van der Waals surface area contributed by atoms with Crippen LogP contribution in [-0.4, -0.2) is 0 Å². The summed E-state index contributed by atoms with van der Waals surface area (Å²) in [6.45, 7) is 0.210. The van der Waals surface area contributed by atoms with Gasteiger partial charge in [0.25, 0.3) is 0 Å². The third-order valence-corrected chi connectivity index (χ3v) is 3.59. The largest absolute Gasteiger partial charge is 0.326 e. The Bertz CT molecular complexity index is 733. The molecule has 0 aliphatic rings. The van der Waals surface area contributed by atoms with Crippen molar-refractivity contribution in [2.75, 3.05) is 0 Å². The monoisotopic (exact) mass is 277 g/mol. The Morgan fingerprint density at radius 3 is 1.81 bits per heavy atom. The fraction of sp³-hybridized carbons (Fsp3) is 0.0526. The molecular weight excluding hydrogens is 261 g/mol. The maximum absolute atomic E-state index is 13.5. The van der Waals surface area contributed by atoms with Crippen LogP contribution in [0.15, 0.2) is 72.8 Å². The van der Waals surface area contributed by atoms with E-state index in [-0.39, 0.29) is 12.4 Å². The van der Waals surface area contributed by atoms with E-state index in [9.17, 15) is 4.39 Å². The third kappa shape index (κ3) is 2.86. The first-order chi connectivity index (χ1) is 10.3. The predicted molar refractivity (Wildman–Crippen MR) is 85.2 cm³/mol. The minimum absolute atomic E-state index is 0.210. The van der Waals surface area contributed by atoms with Crippen molar-refractivity contribution in [3.63, 3.8) is 0 Å². The van der Waals surface area contributed by atoms with Crippen molar-refractivity contribution >= 4 is 0 Å². The zero-order valence-electron chi connectivity index (χ0n) is 11.6. The summed E-state index contributed by atoms with van der Waals surface area (Å²) in [7, 11) is 0. The van der Waals surface area contributed by atoms with Gasteiger partial charge in [0.2, 0.25) is 0 Å². The average molecular weight is 277 g/mol. The number of halogens is 1. The lowest BCUT2D eigenvalue weighted by molar-refractivity contribution is 0.611. The first-order valence-corrected chi connectivity index (χ1v) is 6.92. The SMILES string of the molecule is NCc1cc(-c2ccc(-c3ccccc3)cc2)ccc1F. The number of hydrogen-bond donors (Lipinski definition) is 1. The molecule has 0 aliphatic carbocycles. The second-order valence-corrected chi connectivity index (χ2v) is 4.95. The van der Waals surface area contributed by atoms with Crippen molar-refractivity contribution in [1.29, 1.82) is 0 Å². The molecule has 0 aromatic heterocycles. The van der Waals surface area contributed by atoms with Crippen LogP contribution in [-0.2, 0) is 6.54 Å². The quantitative estimate of drug-likeness (QED) is 0.742. The number of hydrogen-bond acceptors (Lipinski definition) is 1. The molecule has 0 aliphatic heterocycles. The molecule has 0 saturated heterocycles. The number of nitrogens with two attached hydrogens (primary N) is 1. The minimum atomic E-state index is -0.248. The molecule has 21 heavy (non-hydrogen) atoms. The van der Waals surface area contributed by atoms with Gasteiger partial charge in [-0.1, -0.05) is 60.7 Å². The molecule has 0 heterocycles. The van der Waals surface area contributed by atoms with Crippen molar-refractivity contribution in [1.82, 2.24) is 0 Å². The topological polar surface area (TPSA) is 26.0 Å². The lowest BCUT2D eigenvalue weighted by atomic mass is 9.99. The second-order valence-electron chi connectivity index (χ2n) is 4.95. The molecule has 3 aromatic carbocycles. The van der Waals surface area contributed by atoms with Crippen LogP contribution in [0.5, 0.6) is 0 Å². The highest BCUT2D eigenvalue weighted by atomic mass is 19.1. The van der Waals surface area contributed by atoms with Gasteiger partial charge in [-0.25, -0.2) is 4.39 Å². The Kier molecular flexibility index (Phi) is 3.80. The van der Waals surface area contributed by atoms with Crippen molar-refractivity contribution < 1.29 is 4.39 Å². The molecule has 0 fully saturated rings. The molecule has 3 rings (SSSR count). The molecule has 0 radical (unpaired) electrons. The zero-order chi connectivity index (χ0) is 14.7. The van der Waals surface area contributed by atoms with Crippen LogP contribution in [0, 0.1) is 5.82 Å². The molecule has 0 atom stereocenters. The normalized spacial score (nSPS) is 10.6. The van der Waals surface area contributed by atoms with Gasteiger partial charge in [0.15, 0.2) is 0 Å². The Labute approximate surface area is 123 Å². The zero-order valence-corrected chi connectivity index (χ0v) is 11.6. The van der Waals surface area contributed by atoms with E-state index < -0.39 is 0 Å². The van der Waals surface area contributed by atoms with Crippen molar-refractivity contribution in [2.24, 2.45) is 5.73 Å². The van der Waals surface area contributed by atoms with Crippen LogP contribution in [0.2, 0.25) is 0 Å². The Morgan fingerprint density at radius 2 is 1.19 bits per heavy atom. The molecule has 0 bridgehead atoms. The summed E-state index contributed by atoms with van der Waals surface area (Å²) >= 11 is 0. The molecule has 2 heteroatoms. The summed E-state index contributed by atoms with van der Waals surface area (Å²) in [4.78, 5) is 0. The summed E-state index contributed by atoms with van der Waals surface area (Å²) in [6.07, 6.45) is 0. The predicted octanol–water partition coefficient (Wildman–Crippen LogP) is 4.62. The Hall–Kier alpha value is -2.45. The molecule has 0 saturated carbocycles. The fourth-order valence-corrected chi connectivity index (χ4v) is 2.40. The standard InChI is InChI=1S/C19H16FN/c20-19-11-10-17(12-18(19)13-21)16-8-6-15(7-9-16)14-4-2-1-3-5-14/h1-12H,13,21H2. The van der Waals surface area contributed by atoms with Gasteiger partial charge in [0.05, 0.1) is 0 Å². The highest BCUT2D eigenvalue weighted by Gasteiger charge is 2.04. The van der Waals surface area contributed by atoms with E-state index in [0.29, 0.717) is 5.56 Å². The van der Waals surface area contributed by atoms with Crippen molar-refractivity contribution in [3.05, 3.63) is 84.2 Å². The molecule has 3 aromatic rings. The summed E-state index contributed by atoms with van der Waals surface area (Å²) in [5.41, 5.74) is 10.5. The Balaban J connectivity index is 1.94. The number of rotatable bonds is 3. The van der Waals surface area contributed by atoms with Crippen molar-refractivity contribution in [3.8, 4) is 22.3 Å². The fourth-order valence-electron chi connectivity index (χ4n) is 2.40. The smallest absolute Gasteiger partial charge is 0.127 e. The Morgan fingerprint density at radius 1 is 0.667 bits per heavy atom.